The van der Waals surface area contributed by atoms with Gasteiger partial charge in [0.15, 0.2) is 0 Å². The van der Waals surface area contributed by atoms with E-state index in [4.69, 9.17) is 11.6 Å². The van der Waals surface area contributed by atoms with Gasteiger partial charge in [0.05, 0.1) is 6.20 Å². The molecule has 1 fully saturated rings. The van der Waals surface area contributed by atoms with E-state index in [0.717, 1.165) is 18.5 Å². The topological polar surface area (TPSA) is 59.1 Å². The van der Waals surface area contributed by atoms with Gasteiger partial charge in [-0.25, -0.2) is 17.5 Å². The molecule has 1 N–H and O–H groups in total. The van der Waals surface area contributed by atoms with Crippen LogP contribution < -0.4 is 4.72 Å². The molecule has 0 amide bonds. The molecule has 1 aliphatic rings. The number of pyridine rings is 1. The highest BCUT2D eigenvalue weighted by Gasteiger charge is 2.31. The second-order valence-corrected chi connectivity index (χ2v) is 6.06. The Labute approximate surface area is 97.9 Å². The minimum Gasteiger partial charge on any atom is -0.260 e. The van der Waals surface area contributed by atoms with Crippen LogP contribution in [0, 0.1) is 5.82 Å². The molecule has 1 aliphatic carbocycles. The Morgan fingerprint density at radius 3 is 2.69 bits per heavy atom. The van der Waals surface area contributed by atoms with Crippen molar-refractivity contribution in [1.29, 1.82) is 0 Å². The summed E-state index contributed by atoms with van der Waals surface area (Å²) in [5.41, 5.74) is 0. The molecule has 0 aliphatic heterocycles. The molecule has 0 unspecified atom stereocenters. The van der Waals surface area contributed by atoms with E-state index < -0.39 is 15.8 Å². The smallest absolute Gasteiger partial charge is 0.242 e. The average Bonchev–Trinajstić information content (AvgIpc) is 2.15. The van der Waals surface area contributed by atoms with E-state index in [9.17, 15) is 12.8 Å². The summed E-state index contributed by atoms with van der Waals surface area (Å²) in [4.78, 5) is 3.33. The molecule has 4 nitrogen and oxygen atoms in total. The molecule has 1 aromatic rings. The fourth-order valence-electron chi connectivity index (χ4n) is 1.47. The van der Waals surface area contributed by atoms with Crippen LogP contribution in [-0.4, -0.2) is 24.8 Å². The van der Waals surface area contributed by atoms with Crippen molar-refractivity contribution < 1.29 is 12.8 Å². The van der Waals surface area contributed by atoms with Crippen LogP contribution in [0.25, 0.3) is 0 Å². The quantitative estimate of drug-likeness (QED) is 0.837. The van der Waals surface area contributed by atoms with Gasteiger partial charge >= 0.3 is 0 Å². The zero-order valence-corrected chi connectivity index (χ0v) is 9.80. The maximum absolute atomic E-state index is 12.8. The lowest BCUT2D eigenvalue weighted by atomic mass is 9.94. The number of halogens is 2. The molecule has 88 valence electrons. The lowest BCUT2D eigenvalue weighted by Gasteiger charge is -2.31. The van der Waals surface area contributed by atoms with Crippen molar-refractivity contribution in [3.8, 4) is 0 Å². The van der Waals surface area contributed by atoms with Crippen molar-refractivity contribution in [2.45, 2.75) is 29.2 Å². The summed E-state index contributed by atoms with van der Waals surface area (Å²) in [6.07, 6.45) is 3.27. The van der Waals surface area contributed by atoms with Gasteiger partial charge in [-0.3, -0.25) is 4.98 Å². The summed E-state index contributed by atoms with van der Waals surface area (Å²) in [7, 11) is -3.68. The van der Waals surface area contributed by atoms with Crippen LogP contribution in [0.15, 0.2) is 23.4 Å². The highest BCUT2D eigenvalue weighted by atomic mass is 35.5. The second kappa shape index (κ2) is 4.27. The zero-order chi connectivity index (χ0) is 11.8. The normalized spacial score (nSPS) is 25.1. The van der Waals surface area contributed by atoms with Gasteiger partial charge in [0, 0.05) is 17.6 Å². The lowest BCUT2D eigenvalue weighted by Crippen LogP contribution is -2.44. The maximum atomic E-state index is 12.8. The number of sulfonamides is 1. The van der Waals surface area contributed by atoms with Crippen LogP contribution >= 0.6 is 11.6 Å². The number of rotatable bonds is 3. The van der Waals surface area contributed by atoms with Crippen molar-refractivity contribution in [2.75, 3.05) is 0 Å². The molecule has 1 saturated carbocycles. The fraction of sp³-hybridized carbons (Fsp3) is 0.444. The molecule has 16 heavy (non-hydrogen) atoms. The minimum absolute atomic E-state index is 0.0262. The maximum Gasteiger partial charge on any atom is 0.242 e. The molecule has 0 bridgehead atoms. The van der Waals surface area contributed by atoms with Gasteiger partial charge in [0.25, 0.3) is 0 Å². The first-order valence-electron chi connectivity index (χ1n) is 4.74. The largest absolute Gasteiger partial charge is 0.260 e. The van der Waals surface area contributed by atoms with E-state index in [1.54, 1.807) is 0 Å². The van der Waals surface area contributed by atoms with E-state index in [2.05, 4.69) is 9.71 Å². The SMILES string of the molecule is O=S(=O)(NC1CC(Cl)C1)c1cncc(F)c1. The summed E-state index contributed by atoms with van der Waals surface area (Å²) >= 11 is 5.74. The number of alkyl halides is 1. The van der Waals surface area contributed by atoms with Gasteiger partial charge in [-0.1, -0.05) is 0 Å². The number of aromatic nitrogens is 1. The molecule has 1 heterocycles. The number of hydrogen-bond acceptors (Lipinski definition) is 3. The van der Waals surface area contributed by atoms with E-state index in [-0.39, 0.29) is 16.3 Å². The summed E-state index contributed by atoms with van der Waals surface area (Å²) in [6.45, 7) is 0. The second-order valence-electron chi connectivity index (χ2n) is 3.73. The Kier molecular flexibility index (Phi) is 3.14. The Balaban J connectivity index is 2.13. The summed E-state index contributed by atoms with van der Waals surface area (Å²) in [6, 6.07) is 0.780. The van der Waals surface area contributed by atoms with Gasteiger partial charge in [0.2, 0.25) is 10.0 Å². The Hall–Kier alpha value is -0.720. The Bertz CT molecular complexity index is 488. The third-order valence-corrected chi connectivity index (χ3v) is 4.24. The highest BCUT2D eigenvalue weighted by Crippen LogP contribution is 2.26. The molecule has 0 spiro atoms. The number of nitrogens with one attached hydrogen (secondary N) is 1. The van der Waals surface area contributed by atoms with Gasteiger partial charge in [-0.05, 0) is 18.9 Å². The van der Waals surface area contributed by atoms with Crippen LogP contribution in [0.2, 0.25) is 0 Å². The molecule has 7 heteroatoms. The van der Waals surface area contributed by atoms with Crippen LogP contribution in [-0.2, 0) is 10.0 Å². The predicted molar refractivity (Wildman–Crippen MR) is 57.2 cm³/mol. The van der Waals surface area contributed by atoms with Crippen molar-refractivity contribution in [3.05, 3.63) is 24.3 Å². The first kappa shape index (κ1) is 11.8. The van der Waals surface area contributed by atoms with Gasteiger partial charge < -0.3 is 0 Å². The summed E-state index contributed by atoms with van der Waals surface area (Å²) < 4.78 is 38.7. The van der Waals surface area contributed by atoms with E-state index >= 15 is 0 Å². The first-order valence-corrected chi connectivity index (χ1v) is 6.66. The van der Waals surface area contributed by atoms with E-state index in [1.807, 2.05) is 0 Å². The number of hydrogen-bond donors (Lipinski definition) is 1. The van der Waals surface area contributed by atoms with Crippen LogP contribution in [0.3, 0.4) is 0 Å². The third kappa shape index (κ3) is 2.50. The fourth-order valence-corrected chi connectivity index (χ4v) is 3.14. The van der Waals surface area contributed by atoms with Gasteiger partial charge in [0.1, 0.15) is 10.7 Å². The highest BCUT2D eigenvalue weighted by molar-refractivity contribution is 7.89. The molecule has 0 radical (unpaired) electrons. The van der Waals surface area contributed by atoms with Crippen molar-refractivity contribution in [3.63, 3.8) is 0 Å². The van der Waals surface area contributed by atoms with Crippen molar-refractivity contribution >= 4 is 21.6 Å². The Morgan fingerprint density at radius 2 is 2.12 bits per heavy atom. The zero-order valence-electron chi connectivity index (χ0n) is 8.23. The predicted octanol–water partition coefficient (Wildman–Crippen LogP) is 1.27. The Morgan fingerprint density at radius 1 is 1.44 bits per heavy atom. The minimum atomic E-state index is -3.68. The summed E-state index contributed by atoms with van der Waals surface area (Å²) in [5.74, 6) is -0.674. The molecule has 2 rings (SSSR count). The van der Waals surface area contributed by atoms with Crippen LogP contribution in [0.4, 0.5) is 4.39 Å². The molecular formula is C9H10ClFN2O2S. The third-order valence-electron chi connectivity index (χ3n) is 2.39. The lowest BCUT2D eigenvalue weighted by molar-refractivity contribution is 0.391. The molecular weight excluding hydrogens is 255 g/mol. The van der Waals surface area contributed by atoms with Gasteiger partial charge in [-0.15, -0.1) is 11.6 Å². The molecule has 1 aromatic heterocycles. The standard InChI is InChI=1S/C9H10ClFN2O2S/c10-6-1-8(2-6)13-16(14,15)9-3-7(11)4-12-5-9/h3-6,8,13H,1-2H2. The van der Waals surface area contributed by atoms with Crippen molar-refractivity contribution in [1.82, 2.24) is 9.71 Å². The molecule has 0 atom stereocenters. The molecule has 0 aromatic carbocycles. The average molecular weight is 265 g/mol. The van der Waals surface area contributed by atoms with Gasteiger partial charge in [-0.2, -0.15) is 0 Å². The van der Waals surface area contributed by atoms with Crippen LogP contribution in [0.1, 0.15) is 12.8 Å². The van der Waals surface area contributed by atoms with E-state index in [0.29, 0.717) is 12.8 Å². The van der Waals surface area contributed by atoms with Crippen LogP contribution in [0.5, 0.6) is 0 Å². The molecule has 0 saturated heterocycles. The number of nitrogens with zero attached hydrogens (tertiary/aromatic N) is 1. The van der Waals surface area contributed by atoms with E-state index in [1.165, 1.54) is 0 Å². The monoisotopic (exact) mass is 264 g/mol. The van der Waals surface area contributed by atoms with Crippen molar-refractivity contribution in [2.24, 2.45) is 0 Å². The first-order chi connectivity index (χ1) is 7.47. The summed E-state index contributed by atoms with van der Waals surface area (Å²) in [5, 5.41) is 0.0262.